The van der Waals surface area contributed by atoms with Crippen molar-refractivity contribution in [3.05, 3.63) is 45.9 Å². The smallest absolute Gasteiger partial charge is 0.129 e. The maximum Gasteiger partial charge on any atom is 0.129 e. The first-order valence-corrected chi connectivity index (χ1v) is 7.43. The van der Waals surface area contributed by atoms with Gasteiger partial charge in [-0.05, 0) is 25.1 Å². The van der Waals surface area contributed by atoms with E-state index in [4.69, 9.17) is 0 Å². The molecular formula is C14H18BrFN4. The fraction of sp³-hybridized carbons (Fsp3) is 0.429. The van der Waals surface area contributed by atoms with Gasteiger partial charge < -0.3 is 5.32 Å². The van der Waals surface area contributed by atoms with E-state index in [1.165, 1.54) is 6.07 Å². The summed E-state index contributed by atoms with van der Waals surface area (Å²) < 4.78 is 16.6. The molecule has 1 unspecified atom stereocenters. The summed E-state index contributed by atoms with van der Waals surface area (Å²) in [7, 11) is 1.82. The van der Waals surface area contributed by atoms with Crippen LogP contribution in [0.15, 0.2) is 28.9 Å². The Morgan fingerprint density at radius 2 is 2.25 bits per heavy atom. The second kappa shape index (κ2) is 6.95. The molecule has 0 aliphatic heterocycles. The highest BCUT2D eigenvalue weighted by Crippen LogP contribution is 2.28. The summed E-state index contributed by atoms with van der Waals surface area (Å²) >= 11 is 3.44. The van der Waals surface area contributed by atoms with Crippen LogP contribution in [0.3, 0.4) is 0 Å². The van der Waals surface area contributed by atoms with Crippen molar-refractivity contribution in [3.8, 4) is 0 Å². The predicted molar refractivity (Wildman–Crippen MR) is 79.8 cm³/mol. The maximum absolute atomic E-state index is 14.1. The van der Waals surface area contributed by atoms with E-state index in [-0.39, 0.29) is 11.9 Å². The quantitative estimate of drug-likeness (QED) is 0.878. The Morgan fingerprint density at radius 3 is 2.85 bits per heavy atom. The van der Waals surface area contributed by atoms with E-state index in [1.807, 2.05) is 19.3 Å². The minimum Gasteiger partial charge on any atom is -0.309 e. The van der Waals surface area contributed by atoms with Gasteiger partial charge in [-0.25, -0.2) is 4.39 Å². The minimum atomic E-state index is -0.211. The van der Waals surface area contributed by atoms with E-state index < -0.39 is 0 Å². The van der Waals surface area contributed by atoms with Gasteiger partial charge >= 0.3 is 0 Å². The van der Waals surface area contributed by atoms with Crippen LogP contribution in [-0.4, -0.2) is 21.5 Å². The number of nitrogens with zero attached hydrogens (tertiary/aromatic N) is 3. The van der Waals surface area contributed by atoms with E-state index >= 15 is 0 Å². The van der Waals surface area contributed by atoms with E-state index in [1.54, 1.807) is 10.7 Å². The van der Waals surface area contributed by atoms with Gasteiger partial charge in [-0.15, -0.1) is 5.10 Å². The molecule has 1 heterocycles. The molecule has 1 atom stereocenters. The number of benzene rings is 1. The van der Waals surface area contributed by atoms with Gasteiger partial charge in [0.15, 0.2) is 0 Å². The van der Waals surface area contributed by atoms with Crippen molar-refractivity contribution in [3.63, 3.8) is 0 Å². The number of rotatable bonds is 6. The zero-order chi connectivity index (χ0) is 14.5. The summed E-state index contributed by atoms with van der Waals surface area (Å²) in [4.78, 5) is 0. The first kappa shape index (κ1) is 15.1. The lowest BCUT2D eigenvalue weighted by Gasteiger charge is -2.20. The number of nitrogens with one attached hydrogen (secondary N) is 1. The van der Waals surface area contributed by atoms with Gasteiger partial charge in [0.1, 0.15) is 5.82 Å². The molecule has 108 valence electrons. The molecule has 0 radical (unpaired) electrons. The van der Waals surface area contributed by atoms with Crippen LogP contribution >= 0.6 is 15.9 Å². The van der Waals surface area contributed by atoms with Gasteiger partial charge in [0, 0.05) is 35.7 Å². The van der Waals surface area contributed by atoms with Gasteiger partial charge in [0.25, 0.3) is 0 Å². The summed E-state index contributed by atoms with van der Waals surface area (Å²) in [5, 5.41) is 11.4. The predicted octanol–water partition coefficient (Wildman–Crippen LogP) is 3.00. The van der Waals surface area contributed by atoms with Crippen molar-refractivity contribution in [2.75, 3.05) is 6.54 Å². The average molecular weight is 341 g/mol. The molecule has 0 aliphatic carbocycles. The molecule has 1 aromatic heterocycles. The molecule has 0 aliphatic rings. The fourth-order valence-electron chi connectivity index (χ4n) is 2.14. The molecule has 1 N–H and O–H groups in total. The molecule has 20 heavy (non-hydrogen) atoms. The van der Waals surface area contributed by atoms with Crippen molar-refractivity contribution in [2.45, 2.75) is 25.8 Å². The molecular weight excluding hydrogens is 323 g/mol. The average Bonchev–Trinajstić information content (AvgIpc) is 2.81. The molecule has 0 fully saturated rings. The Hall–Kier alpha value is -1.27. The topological polar surface area (TPSA) is 42.7 Å². The number of hydrogen-bond acceptors (Lipinski definition) is 3. The number of aromatic nitrogens is 3. The van der Waals surface area contributed by atoms with Crippen LogP contribution in [0, 0.1) is 5.82 Å². The molecule has 0 amide bonds. The van der Waals surface area contributed by atoms with Crippen molar-refractivity contribution in [2.24, 2.45) is 7.05 Å². The monoisotopic (exact) mass is 340 g/mol. The zero-order valence-corrected chi connectivity index (χ0v) is 13.2. The van der Waals surface area contributed by atoms with Crippen LogP contribution in [-0.2, 0) is 13.5 Å². The van der Waals surface area contributed by atoms with Crippen LogP contribution in [0.2, 0.25) is 0 Å². The lowest BCUT2D eigenvalue weighted by molar-refractivity contribution is 0.491. The first-order valence-electron chi connectivity index (χ1n) is 6.64. The van der Waals surface area contributed by atoms with Gasteiger partial charge in [-0.1, -0.05) is 34.1 Å². The van der Waals surface area contributed by atoms with Gasteiger partial charge in [0.05, 0.1) is 5.69 Å². The molecule has 0 bridgehead atoms. The minimum absolute atomic E-state index is 0.123. The molecule has 0 saturated heterocycles. The Balaban J connectivity index is 2.27. The summed E-state index contributed by atoms with van der Waals surface area (Å²) in [6.07, 6.45) is 3.45. The summed E-state index contributed by atoms with van der Waals surface area (Å²) in [5.41, 5.74) is 1.49. The second-order valence-corrected chi connectivity index (χ2v) is 5.58. The fourth-order valence-corrected chi connectivity index (χ4v) is 2.75. The highest BCUT2D eigenvalue weighted by Gasteiger charge is 2.19. The van der Waals surface area contributed by atoms with Crippen LogP contribution < -0.4 is 5.32 Å². The van der Waals surface area contributed by atoms with E-state index in [2.05, 4.69) is 38.5 Å². The second-order valence-electron chi connectivity index (χ2n) is 4.73. The highest BCUT2D eigenvalue weighted by atomic mass is 79.9. The molecule has 2 aromatic rings. The Bertz CT molecular complexity index is 550. The molecule has 4 nitrogen and oxygen atoms in total. The molecule has 2 rings (SSSR count). The third kappa shape index (κ3) is 3.64. The van der Waals surface area contributed by atoms with Crippen molar-refractivity contribution in [1.29, 1.82) is 0 Å². The largest absolute Gasteiger partial charge is 0.309 e. The summed E-state index contributed by atoms with van der Waals surface area (Å²) in [6.45, 7) is 2.91. The van der Waals surface area contributed by atoms with E-state index in [0.29, 0.717) is 12.0 Å². The lowest BCUT2D eigenvalue weighted by Crippen LogP contribution is -2.25. The summed E-state index contributed by atoms with van der Waals surface area (Å²) in [5.74, 6) is -0.211. The van der Waals surface area contributed by atoms with Crippen LogP contribution in [0.5, 0.6) is 0 Å². The van der Waals surface area contributed by atoms with Crippen molar-refractivity contribution in [1.82, 2.24) is 20.3 Å². The standard InChI is InChI=1S/C14H18BrFN4/c1-3-7-17-13(8-10-9-20(2)19-18-10)14-11(15)5-4-6-12(14)16/h4-6,9,13,17H,3,7-8H2,1-2H3. The zero-order valence-electron chi connectivity index (χ0n) is 11.6. The van der Waals surface area contributed by atoms with Gasteiger partial charge in [-0.3, -0.25) is 4.68 Å². The van der Waals surface area contributed by atoms with E-state index in [0.717, 1.165) is 23.1 Å². The normalized spacial score (nSPS) is 12.6. The molecule has 6 heteroatoms. The Labute approximate surface area is 126 Å². The Morgan fingerprint density at radius 1 is 1.45 bits per heavy atom. The van der Waals surface area contributed by atoms with Gasteiger partial charge in [0.2, 0.25) is 0 Å². The third-order valence-electron chi connectivity index (χ3n) is 3.05. The molecule has 0 saturated carbocycles. The summed E-state index contributed by atoms with van der Waals surface area (Å²) in [6, 6.07) is 4.91. The van der Waals surface area contributed by atoms with Crippen LogP contribution in [0.25, 0.3) is 0 Å². The number of halogens is 2. The Kier molecular flexibility index (Phi) is 5.25. The first-order chi connectivity index (χ1) is 9.61. The van der Waals surface area contributed by atoms with Crippen molar-refractivity contribution >= 4 is 15.9 Å². The highest BCUT2D eigenvalue weighted by molar-refractivity contribution is 9.10. The molecule has 0 spiro atoms. The van der Waals surface area contributed by atoms with Crippen LogP contribution in [0.1, 0.15) is 30.6 Å². The lowest BCUT2D eigenvalue weighted by atomic mass is 10.0. The third-order valence-corrected chi connectivity index (χ3v) is 3.74. The van der Waals surface area contributed by atoms with Crippen molar-refractivity contribution < 1.29 is 4.39 Å². The van der Waals surface area contributed by atoms with E-state index in [9.17, 15) is 4.39 Å². The number of hydrogen-bond donors (Lipinski definition) is 1. The maximum atomic E-state index is 14.1. The number of aryl methyl sites for hydroxylation is 1. The van der Waals surface area contributed by atoms with Gasteiger partial charge in [-0.2, -0.15) is 0 Å². The van der Waals surface area contributed by atoms with Crippen LogP contribution in [0.4, 0.5) is 4.39 Å². The molecule has 1 aromatic carbocycles. The SMILES string of the molecule is CCCNC(Cc1cn(C)nn1)c1c(F)cccc1Br.